The number of esters is 1. The van der Waals surface area contributed by atoms with Crippen LogP contribution in [0.25, 0.3) is 0 Å². The molecular weight excluding hydrogens is 242 g/mol. The zero-order chi connectivity index (χ0) is 14.7. The van der Waals surface area contributed by atoms with Gasteiger partial charge in [-0.3, -0.25) is 4.79 Å². The van der Waals surface area contributed by atoms with Crippen molar-refractivity contribution in [2.45, 2.75) is 71.8 Å². The molecular formula is C15H31NO3. The molecule has 0 heterocycles. The van der Waals surface area contributed by atoms with Gasteiger partial charge in [-0.05, 0) is 20.3 Å². The molecule has 4 heteroatoms. The number of carbonyl (C=O) groups is 1. The van der Waals surface area contributed by atoms with Crippen molar-refractivity contribution in [2.24, 2.45) is 5.41 Å². The Bertz CT molecular complexity index is 242. The Balaban J connectivity index is 4.14. The maximum atomic E-state index is 11.8. The van der Waals surface area contributed by atoms with Crippen molar-refractivity contribution < 1.29 is 14.4 Å². The number of methoxy groups -OCH3 is 1. The molecule has 0 aliphatic carbocycles. The Hall–Kier alpha value is -0.610. The van der Waals surface area contributed by atoms with Crippen LogP contribution in [0.15, 0.2) is 0 Å². The van der Waals surface area contributed by atoms with Crippen LogP contribution in [0.2, 0.25) is 0 Å². The van der Waals surface area contributed by atoms with Gasteiger partial charge in [0, 0.05) is 6.04 Å². The van der Waals surface area contributed by atoms with E-state index in [1.54, 1.807) is 7.11 Å². The van der Waals surface area contributed by atoms with Gasteiger partial charge in [0.05, 0.1) is 19.6 Å². The zero-order valence-corrected chi connectivity index (χ0v) is 13.3. The van der Waals surface area contributed by atoms with Crippen molar-refractivity contribution >= 4 is 5.97 Å². The van der Waals surface area contributed by atoms with Crippen LogP contribution in [0.4, 0.5) is 0 Å². The Morgan fingerprint density at radius 2 is 1.68 bits per heavy atom. The first kappa shape index (κ1) is 18.4. The highest BCUT2D eigenvalue weighted by atomic mass is 16.6. The fourth-order valence-electron chi connectivity index (χ4n) is 2.24. The third-order valence-corrected chi connectivity index (χ3v) is 3.69. The number of rotatable bonds is 11. The van der Waals surface area contributed by atoms with E-state index >= 15 is 0 Å². The van der Waals surface area contributed by atoms with Gasteiger partial charge in [0.2, 0.25) is 0 Å². The highest BCUT2D eigenvalue weighted by Crippen LogP contribution is 2.26. The molecule has 0 bridgehead atoms. The van der Waals surface area contributed by atoms with Crippen molar-refractivity contribution in [2.75, 3.05) is 14.2 Å². The number of nitrogens with one attached hydrogen (secondary N) is 1. The van der Waals surface area contributed by atoms with Crippen LogP contribution in [-0.2, 0) is 14.4 Å². The SMILES string of the molecule is CCCCCCCC[C@@H](NOC)C(C)(C)C(=O)OC. The number of carbonyl (C=O) groups excluding carboxylic acids is 1. The predicted octanol–water partition coefficient (Wildman–Crippen LogP) is 3.46. The van der Waals surface area contributed by atoms with Crippen molar-refractivity contribution in [3.8, 4) is 0 Å². The summed E-state index contributed by atoms with van der Waals surface area (Å²) >= 11 is 0. The molecule has 0 radical (unpaired) electrons. The predicted molar refractivity (Wildman–Crippen MR) is 77.7 cm³/mol. The second-order valence-corrected chi connectivity index (χ2v) is 5.64. The number of unbranched alkanes of at least 4 members (excludes halogenated alkanes) is 5. The first-order valence-electron chi connectivity index (χ1n) is 7.37. The molecule has 0 fully saturated rings. The number of ether oxygens (including phenoxy) is 1. The van der Waals surface area contributed by atoms with E-state index in [0.717, 1.165) is 12.8 Å². The summed E-state index contributed by atoms with van der Waals surface area (Å²) in [5.41, 5.74) is 2.36. The summed E-state index contributed by atoms with van der Waals surface area (Å²) in [6, 6.07) is -0.0175. The largest absolute Gasteiger partial charge is 0.469 e. The molecule has 0 spiro atoms. The summed E-state index contributed by atoms with van der Waals surface area (Å²) < 4.78 is 4.87. The van der Waals surface area contributed by atoms with E-state index in [-0.39, 0.29) is 12.0 Å². The second-order valence-electron chi connectivity index (χ2n) is 5.64. The average Bonchev–Trinajstić information content (AvgIpc) is 2.40. The van der Waals surface area contributed by atoms with E-state index in [0.29, 0.717) is 0 Å². The van der Waals surface area contributed by atoms with Gasteiger partial charge in [-0.1, -0.05) is 45.4 Å². The fourth-order valence-corrected chi connectivity index (χ4v) is 2.24. The van der Waals surface area contributed by atoms with E-state index in [1.165, 1.54) is 39.2 Å². The van der Waals surface area contributed by atoms with Crippen LogP contribution in [0.3, 0.4) is 0 Å². The van der Waals surface area contributed by atoms with E-state index in [9.17, 15) is 4.79 Å². The van der Waals surface area contributed by atoms with Crippen LogP contribution in [0, 0.1) is 5.41 Å². The van der Waals surface area contributed by atoms with Crippen LogP contribution >= 0.6 is 0 Å². The highest BCUT2D eigenvalue weighted by molar-refractivity contribution is 5.76. The van der Waals surface area contributed by atoms with E-state index in [2.05, 4.69) is 12.4 Å². The molecule has 0 aromatic heterocycles. The van der Waals surface area contributed by atoms with Gasteiger partial charge in [-0.25, -0.2) is 0 Å². The molecule has 0 unspecified atom stereocenters. The number of hydroxylamine groups is 1. The molecule has 0 rings (SSSR count). The smallest absolute Gasteiger partial charge is 0.312 e. The first-order chi connectivity index (χ1) is 9.00. The summed E-state index contributed by atoms with van der Waals surface area (Å²) in [5, 5.41) is 0. The zero-order valence-electron chi connectivity index (χ0n) is 13.3. The molecule has 19 heavy (non-hydrogen) atoms. The summed E-state index contributed by atoms with van der Waals surface area (Å²) in [6.45, 7) is 6.01. The quantitative estimate of drug-likeness (QED) is 0.356. The molecule has 0 aliphatic heterocycles. The van der Waals surface area contributed by atoms with Gasteiger partial charge in [-0.15, -0.1) is 0 Å². The van der Waals surface area contributed by atoms with Crippen LogP contribution in [-0.4, -0.2) is 26.2 Å². The molecule has 1 N–H and O–H groups in total. The average molecular weight is 273 g/mol. The van der Waals surface area contributed by atoms with E-state index in [1.807, 2.05) is 13.8 Å². The van der Waals surface area contributed by atoms with Gasteiger partial charge < -0.3 is 9.57 Å². The van der Waals surface area contributed by atoms with Gasteiger partial charge in [-0.2, -0.15) is 5.48 Å². The standard InChI is InChI=1S/C15H31NO3/c1-6-7-8-9-10-11-12-13(16-19-5)15(2,3)14(17)18-4/h13,16H,6-12H2,1-5H3/t13-/m1/s1. The van der Waals surface area contributed by atoms with E-state index < -0.39 is 5.41 Å². The summed E-state index contributed by atoms with van der Waals surface area (Å²) in [6.07, 6.45) is 8.38. The van der Waals surface area contributed by atoms with Crippen LogP contribution in [0.1, 0.15) is 65.7 Å². The molecule has 0 saturated heterocycles. The van der Waals surface area contributed by atoms with Crippen molar-refractivity contribution in [3.05, 3.63) is 0 Å². The molecule has 1 atom stereocenters. The molecule has 0 aliphatic rings. The monoisotopic (exact) mass is 273 g/mol. The topological polar surface area (TPSA) is 47.6 Å². The fraction of sp³-hybridized carbons (Fsp3) is 0.933. The molecule has 0 amide bonds. The minimum atomic E-state index is -0.575. The lowest BCUT2D eigenvalue weighted by Crippen LogP contribution is -2.46. The van der Waals surface area contributed by atoms with Gasteiger partial charge in [0.15, 0.2) is 0 Å². The lowest BCUT2D eigenvalue weighted by molar-refractivity contribution is -0.155. The lowest BCUT2D eigenvalue weighted by Gasteiger charge is -2.31. The van der Waals surface area contributed by atoms with E-state index in [4.69, 9.17) is 9.57 Å². The first-order valence-corrected chi connectivity index (χ1v) is 7.37. The lowest BCUT2D eigenvalue weighted by atomic mass is 9.82. The maximum absolute atomic E-state index is 11.8. The van der Waals surface area contributed by atoms with Gasteiger partial charge >= 0.3 is 5.97 Å². The highest BCUT2D eigenvalue weighted by Gasteiger charge is 2.37. The number of hydrogen-bond donors (Lipinski definition) is 1. The summed E-state index contributed by atoms with van der Waals surface area (Å²) in [7, 11) is 3.01. The normalized spacial score (nSPS) is 13.3. The Morgan fingerprint density at radius 3 is 2.21 bits per heavy atom. The number of hydrogen-bond acceptors (Lipinski definition) is 4. The molecule has 0 aromatic rings. The summed E-state index contributed by atoms with van der Waals surface area (Å²) in [5.74, 6) is -0.201. The Labute approximate surface area is 118 Å². The maximum Gasteiger partial charge on any atom is 0.312 e. The third kappa shape index (κ3) is 6.92. The van der Waals surface area contributed by atoms with Crippen molar-refractivity contribution in [3.63, 3.8) is 0 Å². The van der Waals surface area contributed by atoms with Crippen LogP contribution in [0.5, 0.6) is 0 Å². The summed E-state index contributed by atoms with van der Waals surface area (Å²) in [4.78, 5) is 16.8. The second kappa shape index (κ2) is 10.2. The third-order valence-electron chi connectivity index (χ3n) is 3.69. The molecule has 0 saturated carbocycles. The van der Waals surface area contributed by atoms with Crippen LogP contribution < -0.4 is 5.48 Å². The Morgan fingerprint density at radius 1 is 1.11 bits per heavy atom. The molecule has 4 nitrogen and oxygen atoms in total. The van der Waals surface area contributed by atoms with Gasteiger partial charge in [0.25, 0.3) is 0 Å². The minimum Gasteiger partial charge on any atom is -0.469 e. The molecule has 114 valence electrons. The van der Waals surface area contributed by atoms with Crippen molar-refractivity contribution in [1.29, 1.82) is 0 Å². The minimum absolute atomic E-state index is 0.0175. The van der Waals surface area contributed by atoms with Gasteiger partial charge in [0.1, 0.15) is 0 Å². The Kier molecular flexibility index (Phi) is 9.88. The van der Waals surface area contributed by atoms with Crippen molar-refractivity contribution in [1.82, 2.24) is 5.48 Å². The molecule has 0 aromatic carbocycles.